The van der Waals surface area contributed by atoms with Crippen LogP contribution in [0.25, 0.3) is 0 Å². The Kier molecular flexibility index (Phi) is 5.33. The molecular formula is C16H10F6O4. The van der Waals surface area contributed by atoms with Gasteiger partial charge in [0.2, 0.25) is 0 Å². The average Bonchev–Trinajstić information content (AvgIpc) is 2.54. The lowest BCUT2D eigenvalue weighted by atomic mass is 10.1. The van der Waals surface area contributed by atoms with Crippen LogP contribution in [0.1, 0.15) is 15.9 Å². The van der Waals surface area contributed by atoms with Gasteiger partial charge in [0.1, 0.15) is 11.5 Å². The first-order chi connectivity index (χ1) is 12.0. The number of ether oxygens (including phenoxy) is 3. The van der Waals surface area contributed by atoms with E-state index in [4.69, 9.17) is 9.47 Å². The van der Waals surface area contributed by atoms with E-state index in [1.807, 2.05) is 0 Å². The maximum absolute atomic E-state index is 12.8. The Morgan fingerprint density at radius 1 is 0.885 bits per heavy atom. The molecule has 0 aliphatic carbocycles. The molecule has 2 aromatic rings. The molecule has 0 heterocycles. The van der Waals surface area contributed by atoms with Crippen molar-refractivity contribution in [3.63, 3.8) is 0 Å². The third-order valence-corrected chi connectivity index (χ3v) is 3.06. The minimum absolute atomic E-state index is 0.185. The molecule has 0 aromatic heterocycles. The van der Waals surface area contributed by atoms with Gasteiger partial charge >= 0.3 is 12.5 Å². The molecule has 4 nitrogen and oxygen atoms in total. The average molecular weight is 380 g/mol. The summed E-state index contributed by atoms with van der Waals surface area (Å²) in [7, 11) is 1.12. The molecule has 0 unspecified atom stereocenters. The van der Waals surface area contributed by atoms with Gasteiger partial charge in [-0.1, -0.05) is 0 Å². The molecule has 0 radical (unpaired) electrons. The van der Waals surface area contributed by atoms with Crippen molar-refractivity contribution in [1.82, 2.24) is 0 Å². The van der Waals surface area contributed by atoms with E-state index in [1.165, 1.54) is 0 Å². The largest absolute Gasteiger partial charge is 0.573 e. The molecule has 0 amide bonds. The number of halogens is 6. The van der Waals surface area contributed by atoms with Crippen molar-refractivity contribution in [1.29, 1.82) is 0 Å². The van der Waals surface area contributed by atoms with Crippen molar-refractivity contribution in [2.45, 2.75) is 12.5 Å². The Morgan fingerprint density at radius 3 is 2.12 bits per heavy atom. The third-order valence-electron chi connectivity index (χ3n) is 3.06. The number of hydrogen-bond donors (Lipinski definition) is 0. The van der Waals surface area contributed by atoms with Crippen LogP contribution < -0.4 is 14.2 Å². The minimum Gasteiger partial charge on any atom is -0.493 e. The molecule has 2 aromatic carbocycles. The fraction of sp³-hybridized carbons (Fsp3) is 0.188. The quantitative estimate of drug-likeness (QED) is 0.527. The molecule has 0 N–H and O–H groups in total. The molecular weight excluding hydrogens is 370 g/mol. The van der Waals surface area contributed by atoms with E-state index in [-0.39, 0.29) is 23.3 Å². The van der Waals surface area contributed by atoms with Crippen molar-refractivity contribution in [3.05, 3.63) is 47.5 Å². The number of hydrogen-bond acceptors (Lipinski definition) is 4. The molecule has 2 rings (SSSR count). The second kappa shape index (κ2) is 7.14. The molecule has 0 aliphatic rings. The van der Waals surface area contributed by atoms with E-state index in [0.29, 0.717) is 12.1 Å². The van der Waals surface area contributed by atoms with Crippen LogP contribution >= 0.6 is 0 Å². The van der Waals surface area contributed by atoms with E-state index >= 15 is 0 Å². The maximum atomic E-state index is 12.8. The fourth-order valence-electron chi connectivity index (χ4n) is 1.94. The molecule has 0 aliphatic heterocycles. The summed E-state index contributed by atoms with van der Waals surface area (Å²) in [5.41, 5.74) is -1.25. The first-order valence-corrected chi connectivity index (χ1v) is 6.81. The molecule has 0 atom stereocenters. The minimum atomic E-state index is -4.93. The van der Waals surface area contributed by atoms with Gasteiger partial charge in [-0.3, -0.25) is 4.79 Å². The fourth-order valence-corrected chi connectivity index (χ4v) is 1.94. The molecule has 10 heteroatoms. The van der Waals surface area contributed by atoms with Crippen molar-refractivity contribution in [2.24, 2.45) is 0 Å². The summed E-state index contributed by atoms with van der Waals surface area (Å²) in [5, 5.41) is 0. The monoisotopic (exact) mass is 380 g/mol. The van der Waals surface area contributed by atoms with E-state index < -0.39 is 29.6 Å². The van der Waals surface area contributed by atoms with Gasteiger partial charge in [-0.05, 0) is 30.3 Å². The summed E-state index contributed by atoms with van der Waals surface area (Å²) >= 11 is 0. The van der Waals surface area contributed by atoms with Gasteiger partial charge in [0.25, 0.3) is 0 Å². The van der Waals surface area contributed by atoms with Crippen LogP contribution in [0.3, 0.4) is 0 Å². The Balaban J connectivity index is 2.40. The summed E-state index contributed by atoms with van der Waals surface area (Å²) in [6.07, 6.45) is -9.32. The highest BCUT2D eigenvalue weighted by molar-refractivity contribution is 5.79. The van der Waals surface area contributed by atoms with Crippen LogP contribution in [0.5, 0.6) is 23.0 Å². The summed E-state index contributed by atoms with van der Waals surface area (Å²) in [6.45, 7) is 0. The molecule has 0 spiro atoms. The first-order valence-electron chi connectivity index (χ1n) is 6.81. The molecule has 140 valence electrons. The Hall–Kier alpha value is -2.91. The third kappa shape index (κ3) is 4.80. The van der Waals surface area contributed by atoms with Gasteiger partial charge in [-0.25, -0.2) is 0 Å². The van der Waals surface area contributed by atoms with E-state index in [2.05, 4.69) is 4.74 Å². The molecule has 0 fully saturated rings. The van der Waals surface area contributed by atoms with Gasteiger partial charge in [0.05, 0.1) is 18.2 Å². The van der Waals surface area contributed by atoms with Crippen molar-refractivity contribution in [3.8, 4) is 23.0 Å². The number of methoxy groups -OCH3 is 1. The molecule has 0 saturated heterocycles. The first kappa shape index (κ1) is 19.4. The second-order valence-corrected chi connectivity index (χ2v) is 4.83. The molecule has 26 heavy (non-hydrogen) atoms. The smallest absolute Gasteiger partial charge is 0.493 e. The summed E-state index contributed by atoms with van der Waals surface area (Å²) in [6, 6.07) is 4.96. The van der Waals surface area contributed by atoms with Crippen molar-refractivity contribution in [2.75, 3.05) is 7.11 Å². The van der Waals surface area contributed by atoms with Gasteiger partial charge in [0.15, 0.2) is 17.8 Å². The number of alkyl halides is 6. The Bertz CT molecular complexity index is 798. The number of benzene rings is 2. The standard InChI is InChI=1S/C16H10F6O4/c1-24-14-7-11(26-16(20,21)22)4-5-12(14)25-13-6-10(15(17,18)19)3-2-9(13)8-23/h2-8H,1H3. The van der Waals surface area contributed by atoms with Crippen LogP contribution in [-0.2, 0) is 6.18 Å². The lowest BCUT2D eigenvalue weighted by molar-refractivity contribution is -0.274. The van der Waals surface area contributed by atoms with E-state index in [1.54, 1.807) is 0 Å². The number of aldehydes is 1. The van der Waals surface area contributed by atoms with Gasteiger partial charge in [-0.2, -0.15) is 13.2 Å². The van der Waals surface area contributed by atoms with Gasteiger partial charge < -0.3 is 14.2 Å². The zero-order valence-corrected chi connectivity index (χ0v) is 12.9. The van der Waals surface area contributed by atoms with Crippen LogP contribution in [0, 0.1) is 0 Å². The number of carbonyl (C=O) groups is 1. The lowest BCUT2D eigenvalue weighted by Gasteiger charge is -2.15. The number of rotatable bonds is 5. The van der Waals surface area contributed by atoms with Gasteiger partial charge in [0, 0.05) is 6.07 Å². The van der Waals surface area contributed by atoms with Gasteiger partial charge in [-0.15, -0.1) is 13.2 Å². The Morgan fingerprint density at radius 2 is 1.58 bits per heavy atom. The topological polar surface area (TPSA) is 44.8 Å². The normalized spacial score (nSPS) is 11.8. The highest BCUT2D eigenvalue weighted by atomic mass is 19.4. The predicted molar refractivity (Wildman–Crippen MR) is 76.6 cm³/mol. The van der Waals surface area contributed by atoms with E-state index in [0.717, 1.165) is 31.4 Å². The SMILES string of the molecule is COc1cc(OC(F)(F)F)ccc1Oc1cc(C(F)(F)F)ccc1C=O. The highest BCUT2D eigenvalue weighted by Gasteiger charge is 2.32. The van der Waals surface area contributed by atoms with Crippen LogP contribution in [-0.4, -0.2) is 19.8 Å². The highest BCUT2D eigenvalue weighted by Crippen LogP contribution is 2.39. The molecule has 0 bridgehead atoms. The Labute approximate surface area is 142 Å². The van der Waals surface area contributed by atoms with E-state index in [9.17, 15) is 31.1 Å². The summed E-state index contributed by atoms with van der Waals surface area (Å²) in [5.74, 6) is -1.48. The van der Waals surface area contributed by atoms with Crippen LogP contribution in [0.4, 0.5) is 26.3 Å². The summed E-state index contributed by atoms with van der Waals surface area (Å²) in [4.78, 5) is 11.0. The molecule has 0 saturated carbocycles. The predicted octanol–water partition coefficient (Wildman–Crippen LogP) is 5.22. The van der Waals surface area contributed by atoms with Crippen LogP contribution in [0.2, 0.25) is 0 Å². The maximum Gasteiger partial charge on any atom is 0.573 e. The zero-order valence-electron chi connectivity index (χ0n) is 12.9. The second-order valence-electron chi connectivity index (χ2n) is 4.83. The zero-order chi connectivity index (χ0) is 19.5. The van der Waals surface area contributed by atoms with Crippen molar-refractivity contribution < 1.29 is 45.3 Å². The lowest BCUT2D eigenvalue weighted by Crippen LogP contribution is -2.17. The van der Waals surface area contributed by atoms with Crippen molar-refractivity contribution >= 4 is 6.29 Å². The van der Waals surface area contributed by atoms with Crippen LogP contribution in [0.15, 0.2) is 36.4 Å². The summed E-state index contributed by atoms with van der Waals surface area (Å²) < 4.78 is 89.0. The number of carbonyl (C=O) groups excluding carboxylic acids is 1.